The van der Waals surface area contributed by atoms with Gasteiger partial charge in [0.05, 0.1) is 0 Å². The van der Waals surface area contributed by atoms with E-state index in [1.165, 1.54) is 0 Å². The second-order valence-corrected chi connectivity index (χ2v) is 1.67. The quantitative estimate of drug-likeness (QED) is 0.321. The standard InChI is InChI=1S/C4H7N2O4/c7-5(8)3-1-2-4-6(9)10/h3H,1-2,4H2. The van der Waals surface area contributed by atoms with Gasteiger partial charge in [0.1, 0.15) is 0 Å². The fourth-order valence-electron chi connectivity index (χ4n) is 0.417. The van der Waals surface area contributed by atoms with E-state index in [0.29, 0.717) is 0 Å². The summed E-state index contributed by atoms with van der Waals surface area (Å²) in [5.41, 5.74) is 0. The molecule has 0 N–H and O–H groups in total. The molecule has 0 unspecified atom stereocenters. The summed E-state index contributed by atoms with van der Waals surface area (Å²) < 4.78 is 0. The predicted molar refractivity (Wildman–Crippen MR) is 32.4 cm³/mol. The van der Waals surface area contributed by atoms with E-state index in [0.717, 1.165) is 6.54 Å². The number of hydrogen-bond acceptors (Lipinski definition) is 4. The van der Waals surface area contributed by atoms with E-state index in [1.54, 1.807) is 0 Å². The van der Waals surface area contributed by atoms with E-state index in [9.17, 15) is 20.2 Å². The summed E-state index contributed by atoms with van der Waals surface area (Å²) in [7, 11) is 0. The average molecular weight is 147 g/mol. The summed E-state index contributed by atoms with van der Waals surface area (Å²) >= 11 is 0. The van der Waals surface area contributed by atoms with Crippen LogP contribution in [-0.4, -0.2) is 16.4 Å². The van der Waals surface area contributed by atoms with Gasteiger partial charge in [-0.05, 0) is 0 Å². The summed E-state index contributed by atoms with van der Waals surface area (Å²) in [5.74, 6) is 0. The van der Waals surface area contributed by atoms with E-state index in [2.05, 4.69) is 0 Å². The van der Waals surface area contributed by atoms with Crippen molar-refractivity contribution in [2.75, 3.05) is 6.54 Å². The number of nitro groups is 2. The second kappa shape index (κ2) is 4.66. The Bertz CT molecular complexity index is 119. The van der Waals surface area contributed by atoms with Crippen LogP contribution in [0.5, 0.6) is 0 Å². The van der Waals surface area contributed by atoms with Gasteiger partial charge in [-0.2, -0.15) is 0 Å². The summed E-state index contributed by atoms with van der Waals surface area (Å²) in [6.07, 6.45) is 0.391. The number of unbranched alkanes of at least 4 members (excludes halogenated alkanes) is 1. The number of nitrogens with zero attached hydrogens (tertiary/aromatic N) is 2. The van der Waals surface area contributed by atoms with E-state index in [4.69, 9.17) is 0 Å². The molecule has 10 heavy (non-hydrogen) atoms. The normalized spacial score (nSPS) is 9.20. The Kier molecular flexibility index (Phi) is 4.10. The summed E-state index contributed by atoms with van der Waals surface area (Å²) in [5, 5.41) is 19.3. The monoisotopic (exact) mass is 147 g/mol. The SMILES string of the molecule is O=[N+]([O-])[CH]CCC[N+](=O)[O-]. The summed E-state index contributed by atoms with van der Waals surface area (Å²) in [6.45, 7) is 0.619. The molecule has 0 saturated carbocycles. The predicted octanol–water partition coefficient (Wildman–Crippen LogP) is 0.482. The minimum Gasteiger partial charge on any atom is -0.265 e. The van der Waals surface area contributed by atoms with Gasteiger partial charge in [-0.1, -0.05) is 0 Å². The van der Waals surface area contributed by atoms with Gasteiger partial charge >= 0.3 is 0 Å². The van der Waals surface area contributed by atoms with Crippen LogP contribution in [0, 0.1) is 26.8 Å². The first-order chi connectivity index (χ1) is 4.63. The van der Waals surface area contributed by atoms with Crippen molar-refractivity contribution < 1.29 is 9.85 Å². The van der Waals surface area contributed by atoms with Crippen LogP contribution >= 0.6 is 0 Å². The van der Waals surface area contributed by atoms with Crippen molar-refractivity contribution in [3.05, 3.63) is 26.8 Å². The van der Waals surface area contributed by atoms with Crippen molar-refractivity contribution in [2.45, 2.75) is 12.8 Å². The lowest BCUT2D eigenvalue weighted by molar-refractivity contribution is -0.482. The average Bonchev–Trinajstić information content (AvgIpc) is 1.79. The molecule has 0 aliphatic heterocycles. The highest BCUT2D eigenvalue weighted by atomic mass is 16.6. The van der Waals surface area contributed by atoms with Gasteiger partial charge < -0.3 is 0 Å². The van der Waals surface area contributed by atoms with Crippen LogP contribution < -0.4 is 0 Å². The maximum atomic E-state index is 9.67. The van der Waals surface area contributed by atoms with Crippen LogP contribution in [0.15, 0.2) is 0 Å². The van der Waals surface area contributed by atoms with Crippen LogP contribution in [0.1, 0.15) is 12.8 Å². The molecule has 0 bridgehead atoms. The lowest BCUT2D eigenvalue weighted by Gasteiger charge is -1.88. The minimum absolute atomic E-state index is 0.161. The van der Waals surface area contributed by atoms with Crippen molar-refractivity contribution in [3.63, 3.8) is 0 Å². The van der Waals surface area contributed by atoms with E-state index in [1.807, 2.05) is 0 Å². The largest absolute Gasteiger partial charge is 0.279 e. The number of hydrogen-bond donors (Lipinski definition) is 0. The van der Waals surface area contributed by atoms with Gasteiger partial charge in [0.2, 0.25) is 6.54 Å². The maximum Gasteiger partial charge on any atom is 0.279 e. The summed E-state index contributed by atoms with van der Waals surface area (Å²) in [4.78, 5) is 18.2. The molecule has 0 saturated heterocycles. The molecule has 0 atom stereocenters. The highest BCUT2D eigenvalue weighted by molar-refractivity contribution is 4.47. The molecular weight excluding hydrogens is 140 g/mol. The first-order valence-corrected chi connectivity index (χ1v) is 2.71. The minimum atomic E-state index is -0.597. The molecule has 0 spiro atoms. The molecule has 6 heteroatoms. The third-order valence-corrected chi connectivity index (χ3v) is 0.823. The lowest BCUT2D eigenvalue weighted by Crippen LogP contribution is -2.02. The zero-order valence-electron chi connectivity index (χ0n) is 5.23. The van der Waals surface area contributed by atoms with Crippen LogP contribution in [0.25, 0.3) is 0 Å². The van der Waals surface area contributed by atoms with Gasteiger partial charge in [-0.25, -0.2) is 0 Å². The molecule has 0 aromatic heterocycles. The van der Waals surface area contributed by atoms with Crippen molar-refractivity contribution in [2.24, 2.45) is 0 Å². The Morgan fingerprint density at radius 1 is 1.30 bits per heavy atom. The van der Waals surface area contributed by atoms with Crippen LogP contribution in [0.3, 0.4) is 0 Å². The zero-order chi connectivity index (χ0) is 7.98. The third kappa shape index (κ3) is 6.80. The number of rotatable bonds is 5. The smallest absolute Gasteiger partial charge is 0.265 e. The molecule has 57 valence electrons. The second-order valence-electron chi connectivity index (χ2n) is 1.67. The highest BCUT2D eigenvalue weighted by Crippen LogP contribution is 1.93. The Hall–Kier alpha value is -1.20. The molecule has 0 aromatic rings. The molecule has 0 heterocycles. The summed E-state index contributed by atoms with van der Waals surface area (Å²) in [6, 6.07) is 0. The fraction of sp³-hybridized carbons (Fsp3) is 0.750. The maximum absolute atomic E-state index is 9.67. The van der Waals surface area contributed by atoms with E-state index < -0.39 is 9.85 Å². The Morgan fingerprint density at radius 3 is 2.30 bits per heavy atom. The van der Waals surface area contributed by atoms with Crippen molar-refractivity contribution in [1.29, 1.82) is 0 Å². The van der Waals surface area contributed by atoms with Gasteiger partial charge in [-0.3, -0.25) is 20.2 Å². The molecule has 0 aliphatic carbocycles. The first-order valence-electron chi connectivity index (χ1n) is 2.71. The van der Waals surface area contributed by atoms with E-state index in [-0.39, 0.29) is 19.4 Å². The van der Waals surface area contributed by atoms with Crippen LogP contribution in [0.2, 0.25) is 0 Å². The van der Waals surface area contributed by atoms with Gasteiger partial charge in [0.15, 0.2) is 0 Å². The molecule has 0 fully saturated rings. The molecule has 0 aliphatic rings. The van der Waals surface area contributed by atoms with Gasteiger partial charge in [0, 0.05) is 22.7 Å². The van der Waals surface area contributed by atoms with Crippen LogP contribution in [-0.2, 0) is 0 Å². The molecular formula is C4H7N2O4. The van der Waals surface area contributed by atoms with Crippen LogP contribution in [0.4, 0.5) is 0 Å². The molecule has 6 nitrogen and oxygen atoms in total. The third-order valence-electron chi connectivity index (χ3n) is 0.823. The molecule has 0 rings (SSSR count). The molecule has 0 amide bonds. The Labute approximate surface area is 57.1 Å². The highest BCUT2D eigenvalue weighted by Gasteiger charge is 2.02. The fourth-order valence-corrected chi connectivity index (χ4v) is 0.417. The lowest BCUT2D eigenvalue weighted by atomic mass is 10.3. The van der Waals surface area contributed by atoms with Gasteiger partial charge in [0.25, 0.3) is 6.54 Å². The topological polar surface area (TPSA) is 86.3 Å². The zero-order valence-corrected chi connectivity index (χ0v) is 5.23. The van der Waals surface area contributed by atoms with Gasteiger partial charge in [-0.15, -0.1) is 0 Å². The van der Waals surface area contributed by atoms with Crippen molar-refractivity contribution in [1.82, 2.24) is 0 Å². The Morgan fingerprint density at radius 2 is 1.90 bits per heavy atom. The van der Waals surface area contributed by atoms with Crippen molar-refractivity contribution in [3.8, 4) is 0 Å². The Balaban J connectivity index is 3.06. The molecule has 1 radical (unpaired) electrons. The van der Waals surface area contributed by atoms with Crippen molar-refractivity contribution >= 4 is 0 Å². The van der Waals surface area contributed by atoms with E-state index >= 15 is 0 Å². The molecule has 0 aromatic carbocycles. The first kappa shape index (κ1) is 8.80.